The van der Waals surface area contributed by atoms with E-state index in [2.05, 4.69) is 4.98 Å². The largest absolute Gasteiger partial charge is 0.487 e. The van der Waals surface area contributed by atoms with Crippen LogP contribution >= 0.6 is 11.6 Å². The minimum Gasteiger partial charge on any atom is -0.487 e. The SMILES string of the molecule is Cc1ncccc1COc1cc2oc(=O)n(C(C)C(=O)OCC(N)(CO)CO)c2cc1Cl. The van der Waals surface area contributed by atoms with E-state index >= 15 is 0 Å². The molecule has 32 heavy (non-hydrogen) atoms. The lowest BCUT2D eigenvalue weighted by Gasteiger charge is -2.24. The minimum absolute atomic E-state index is 0.177. The number of halogens is 1. The van der Waals surface area contributed by atoms with Crippen molar-refractivity contribution >= 4 is 28.7 Å². The van der Waals surface area contributed by atoms with E-state index in [0.29, 0.717) is 5.75 Å². The molecular formula is C21H24ClN3O7. The van der Waals surface area contributed by atoms with E-state index in [0.717, 1.165) is 15.8 Å². The van der Waals surface area contributed by atoms with Gasteiger partial charge in [-0.1, -0.05) is 17.7 Å². The Morgan fingerprint density at radius 2 is 2.09 bits per heavy atom. The Bertz CT molecular complexity index is 1170. The molecule has 0 saturated carbocycles. The maximum atomic E-state index is 12.5. The molecule has 0 aliphatic rings. The van der Waals surface area contributed by atoms with Crippen LogP contribution in [0.1, 0.15) is 24.2 Å². The molecular weight excluding hydrogens is 442 g/mol. The number of ether oxygens (including phenoxy) is 2. The van der Waals surface area contributed by atoms with Gasteiger partial charge in [-0.25, -0.2) is 9.59 Å². The number of hydrogen-bond acceptors (Lipinski definition) is 9. The third-order valence-corrected chi connectivity index (χ3v) is 5.32. The van der Waals surface area contributed by atoms with Gasteiger partial charge < -0.3 is 29.8 Å². The predicted octanol–water partition coefficient (Wildman–Crippen LogP) is 1.32. The van der Waals surface area contributed by atoms with Crippen LogP contribution < -0.4 is 16.2 Å². The third kappa shape index (κ3) is 4.94. The molecule has 3 rings (SSSR count). The molecule has 1 aromatic carbocycles. The monoisotopic (exact) mass is 465 g/mol. The predicted molar refractivity (Wildman–Crippen MR) is 116 cm³/mol. The van der Waals surface area contributed by atoms with Crippen molar-refractivity contribution in [1.82, 2.24) is 9.55 Å². The average molecular weight is 466 g/mol. The molecule has 3 aromatic rings. The first-order valence-electron chi connectivity index (χ1n) is 9.74. The number of nitrogens with two attached hydrogens (primary N) is 1. The summed E-state index contributed by atoms with van der Waals surface area (Å²) in [6.07, 6.45) is 1.68. The van der Waals surface area contributed by atoms with Crippen LogP contribution in [0.15, 0.2) is 39.7 Å². The number of hydrogen-bond donors (Lipinski definition) is 3. The van der Waals surface area contributed by atoms with Gasteiger partial charge in [0.2, 0.25) is 0 Å². The number of carbonyl (C=O) groups excluding carboxylic acids is 1. The summed E-state index contributed by atoms with van der Waals surface area (Å²) in [6.45, 7) is 1.92. The molecule has 0 aliphatic heterocycles. The molecule has 2 aromatic heterocycles. The highest BCUT2D eigenvalue weighted by Crippen LogP contribution is 2.31. The summed E-state index contributed by atoms with van der Waals surface area (Å²) in [4.78, 5) is 29.1. The van der Waals surface area contributed by atoms with Crippen molar-refractivity contribution in [3.05, 3.63) is 57.3 Å². The lowest BCUT2D eigenvalue weighted by Crippen LogP contribution is -2.52. The maximum absolute atomic E-state index is 12.5. The molecule has 0 aliphatic carbocycles. The highest BCUT2D eigenvalue weighted by atomic mass is 35.5. The van der Waals surface area contributed by atoms with Crippen molar-refractivity contribution in [2.24, 2.45) is 5.73 Å². The number of aliphatic hydroxyl groups is 2. The second kappa shape index (κ2) is 9.70. The molecule has 0 saturated heterocycles. The van der Waals surface area contributed by atoms with Gasteiger partial charge in [0.15, 0.2) is 5.58 Å². The number of esters is 1. The number of benzene rings is 1. The van der Waals surface area contributed by atoms with Gasteiger partial charge in [0, 0.05) is 23.5 Å². The summed E-state index contributed by atoms with van der Waals surface area (Å²) >= 11 is 6.35. The van der Waals surface area contributed by atoms with Crippen LogP contribution in [-0.4, -0.2) is 51.1 Å². The van der Waals surface area contributed by atoms with Crippen LogP contribution in [0, 0.1) is 6.92 Å². The first-order chi connectivity index (χ1) is 15.2. The lowest BCUT2D eigenvalue weighted by atomic mass is 10.1. The number of fused-ring (bicyclic) bond motifs is 1. The molecule has 0 bridgehead atoms. The smallest absolute Gasteiger partial charge is 0.420 e. The van der Waals surface area contributed by atoms with E-state index < -0.39 is 43.1 Å². The van der Waals surface area contributed by atoms with Crippen LogP contribution in [0.25, 0.3) is 11.1 Å². The Kier molecular flexibility index (Phi) is 7.19. The molecule has 0 radical (unpaired) electrons. The average Bonchev–Trinajstić information content (AvgIpc) is 3.10. The molecule has 1 atom stereocenters. The number of aromatic nitrogens is 2. The normalized spacial score (nSPS) is 12.7. The van der Waals surface area contributed by atoms with Crippen molar-refractivity contribution in [2.45, 2.75) is 32.0 Å². The van der Waals surface area contributed by atoms with Crippen LogP contribution in [-0.2, 0) is 16.1 Å². The second-order valence-corrected chi connectivity index (χ2v) is 7.89. The van der Waals surface area contributed by atoms with E-state index in [1.165, 1.54) is 19.1 Å². The maximum Gasteiger partial charge on any atom is 0.420 e. The van der Waals surface area contributed by atoms with Gasteiger partial charge in [0.25, 0.3) is 0 Å². The Morgan fingerprint density at radius 1 is 1.38 bits per heavy atom. The number of pyridine rings is 1. The topological polar surface area (TPSA) is 150 Å². The standard InChI is InChI=1S/C21H24ClN3O7/c1-12-14(4-3-5-24-12)8-30-17-7-18-16(6-15(17)22)25(20(29)32-18)13(2)19(28)31-11-21(23,9-26)10-27/h3-7,13,26-27H,8-11,23H2,1-2H3. The molecule has 172 valence electrons. The molecule has 1 unspecified atom stereocenters. The quantitative estimate of drug-likeness (QED) is 0.397. The van der Waals surface area contributed by atoms with Gasteiger partial charge >= 0.3 is 11.7 Å². The number of aryl methyl sites for hydroxylation is 1. The van der Waals surface area contributed by atoms with Gasteiger partial charge in [0.1, 0.15) is 25.0 Å². The molecule has 2 heterocycles. The highest BCUT2D eigenvalue weighted by Gasteiger charge is 2.29. The summed E-state index contributed by atoms with van der Waals surface area (Å²) in [7, 11) is 0. The van der Waals surface area contributed by atoms with Crippen LogP contribution in [0.2, 0.25) is 5.02 Å². The molecule has 0 amide bonds. The first-order valence-corrected chi connectivity index (χ1v) is 10.1. The highest BCUT2D eigenvalue weighted by molar-refractivity contribution is 6.32. The zero-order chi connectivity index (χ0) is 23.5. The van der Waals surface area contributed by atoms with Crippen molar-refractivity contribution in [2.75, 3.05) is 19.8 Å². The van der Waals surface area contributed by atoms with E-state index in [1.807, 2.05) is 13.0 Å². The summed E-state index contributed by atoms with van der Waals surface area (Å²) in [6, 6.07) is 5.54. The van der Waals surface area contributed by atoms with E-state index in [4.69, 9.17) is 31.2 Å². The van der Waals surface area contributed by atoms with Gasteiger partial charge in [0.05, 0.1) is 29.3 Å². The van der Waals surface area contributed by atoms with Crippen molar-refractivity contribution in [1.29, 1.82) is 0 Å². The Labute approximate surface area is 188 Å². The number of rotatable bonds is 9. The first kappa shape index (κ1) is 23.7. The fourth-order valence-corrected chi connectivity index (χ4v) is 3.13. The number of nitrogens with zero attached hydrogens (tertiary/aromatic N) is 2. The fourth-order valence-electron chi connectivity index (χ4n) is 2.92. The van der Waals surface area contributed by atoms with Crippen LogP contribution in [0.3, 0.4) is 0 Å². The minimum atomic E-state index is -1.49. The molecule has 10 nitrogen and oxygen atoms in total. The molecule has 0 spiro atoms. The van der Waals surface area contributed by atoms with Gasteiger partial charge in [-0.15, -0.1) is 0 Å². The zero-order valence-electron chi connectivity index (χ0n) is 17.6. The molecule has 0 fully saturated rings. The molecule has 11 heteroatoms. The Morgan fingerprint density at radius 3 is 2.75 bits per heavy atom. The third-order valence-electron chi connectivity index (χ3n) is 5.03. The summed E-state index contributed by atoms with van der Waals surface area (Å²) in [5, 5.41) is 18.7. The van der Waals surface area contributed by atoms with Crippen molar-refractivity contribution in [3.63, 3.8) is 0 Å². The van der Waals surface area contributed by atoms with Crippen LogP contribution in [0.5, 0.6) is 5.75 Å². The lowest BCUT2D eigenvalue weighted by molar-refractivity contribution is -0.150. The van der Waals surface area contributed by atoms with Crippen LogP contribution in [0.4, 0.5) is 0 Å². The molecule has 4 N–H and O–H groups in total. The fraction of sp³-hybridized carbons (Fsp3) is 0.381. The Hall–Kier alpha value is -2.92. The van der Waals surface area contributed by atoms with Crippen molar-refractivity contribution in [3.8, 4) is 5.75 Å². The zero-order valence-corrected chi connectivity index (χ0v) is 18.3. The second-order valence-electron chi connectivity index (χ2n) is 7.49. The number of oxazole rings is 1. The summed E-state index contributed by atoms with van der Waals surface area (Å²) in [5.41, 5.74) is 6.36. The Balaban J connectivity index is 1.82. The van der Waals surface area contributed by atoms with Gasteiger partial charge in [-0.05, 0) is 26.0 Å². The summed E-state index contributed by atoms with van der Waals surface area (Å²) in [5.74, 6) is -1.28. The summed E-state index contributed by atoms with van der Waals surface area (Å²) < 4.78 is 17.2. The number of aliphatic hydroxyl groups excluding tert-OH is 2. The van der Waals surface area contributed by atoms with E-state index in [9.17, 15) is 19.8 Å². The van der Waals surface area contributed by atoms with Crippen molar-refractivity contribution < 1.29 is 28.9 Å². The van der Waals surface area contributed by atoms with Gasteiger partial charge in [-0.3, -0.25) is 9.55 Å². The van der Waals surface area contributed by atoms with E-state index in [-0.39, 0.29) is 22.7 Å². The van der Waals surface area contributed by atoms with E-state index in [1.54, 1.807) is 12.3 Å². The van der Waals surface area contributed by atoms with Gasteiger partial charge in [-0.2, -0.15) is 0 Å². The number of carbonyl (C=O) groups is 1.